The normalized spacial score (nSPS) is 23.3. The van der Waals surface area contributed by atoms with Crippen LogP contribution in [0, 0.1) is 5.41 Å². The average molecular weight is 227 g/mol. The van der Waals surface area contributed by atoms with Gasteiger partial charge in [0.2, 0.25) is 0 Å². The molecule has 0 bridgehead atoms. The third kappa shape index (κ3) is 4.97. The van der Waals surface area contributed by atoms with Crippen molar-refractivity contribution in [1.29, 1.82) is 0 Å². The van der Waals surface area contributed by atoms with Crippen LogP contribution in [-0.4, -0.2) is 35.1 Å². The lowest BCUT2D eigenvalue weighted by Crippen LogP contribution is -2.42. The van der Waals surface area contributed by atoms with Gasteiger partial charge in [0, 0.05) is 6.04 Å². The number of carboxylic acids is 1. The molecule has 1 saturated heterocycles. The molecular formula is C13H25NO2. The van der Waals surface area contributed by atoms with E-state index in [-0.39, 0.29) is 6.04 Å². The Bertz CT molecular complexity index is 233. The van der Waals surface area contributed by atoms with Gasteiger partial charge in [0.1, 0.15) is 0 Å². The van der Waals surface area contributed by atoms with E-state index in [1.807, 2.05) is 0 Å². The van der Waals surface area contributed by atoms with Gasteiger partial charge in [-0.05, 0) is 37.8 Å². The van der Waals surface area contributed by atoms with Gasteiger partial charge in [0.15, 0.2) is 0 Å². The van der Waals surface area contributed by atoms with E-state index in [0.717, 1.165) is 25.9 Å². The minimum atomic E-state index is -0.660. The van der Waals surface area contributed by atoms with Crippen LogP contribution in [0.2, 0.25) is 0 Å². The molecule has 1 heterocycles. The number of carboxylic acid groups (broad SMARTS) is 1. The van der Waals surface area contributed by atoms with Crippen LogP contribution in [0.15, 0.2) is 0 Å². The van der Waals surface area contributed by atoms with E-state index >= 15 is 0 Å². The first kappa shape index (κ1) is 13.5. The smallest absolute Gasteiger partial charge is 0.304 e. The first-order valence-corrected chi connectivity index (χ1v) is 6.34. The number of hydrogen-bond donors (Lipinski definition) is 1. The predicted octanol–water partition coefficient (Wildman–Crippen LogP) is 2.75. The van der Waals surface area contributed by atoms with Gasteiger partial charge in [-0.1, -0.05) is 27.2 Å². The summed E-state index contributed by atoms with van der Waals surface area (Å²) in [6.07, 6.45) is 4.91. The molecule has 1 aliphatic heterocycles. The van der Waals surface area contributed by atoms with Crippen LogP contribution in [0.25, 0.3) is 0 Å². The molecule has 0 radical (unpaired) electrons. The molecule has 16 heavy (non-hydrogen) atoms. The third-order valence-corrected chi connectivity index (χ3v) is 3.31. The van der Waals surface area contributed by atoms with E-state index in [0.29, 0.717) is 11.8 Å². The second-order valence-corrected chi connectivity index (χ2v) is 6.09. The zero-order valence-corrected chi connectivity index (χ0v) is 10.8. The lowest BCUT2D eigenvalue weighted by Gasteiger charge is -2.36. The molecule has 0 spiro atoms. The van der Waals surface area contributed by atoms with Crippen LogP contribution >= 0.6 is 0 Å². The van der Waals surface area contributed by atoms with Gasteiger partial charge in [-0.2, -0.15) is 0 Å². The molecular weight excluding hydrogens is 202 g/mol. The van der Waals surface area contributed by atoms with E-state index in [2.05, 4.69) is 25.7 Å². The highest BCUT2D eigenvalue weighted by atomic mass is 16.4. The second kappa shape index (κ2) is 5.67. The number of carbonyl (C=O) groups is 1. The lowest BCUT2D eigenvalue weighted by molar-refractivity contribution is -0.138. The van der Waals surface area contributed by atoms with Crippen LogP contribution in [0.5, 0.6) is 0 Å². The minimum Gasteiger partial charge on any atom is -0.481 e. The lowest BCUT2D eigenvalue weighted by atomic mass is 9.90. The molecule has 0 aromatic heterocycles. The molecule has 0 aromatic rings. The first-order chi connectivity index (χ1) is 7.38. The average Bonchev–Trinajstić information content (AvgIpc) is 2.14. The zero-order valence-electron chi connectivity index (χ0n) is 10.8. The number of hydrogen-bond acceptors (Lipinski definition) is 2. The van der Waals surface area contributed by atoms with Crippen LogP contribution in [0.4, 0.5) is 0 Å². The highest BCUT2D eigenvalue weighted by Crippen LogP contribution is 2.24. The molecule has 1 unspecified atom stereocenters. The highest BCUT2D eigenvalue weighted by Gasteiger charge is 2.25. The summed E-state index contributed by atoms with van der Waals surface area (Å²) in [5, 5.41) is 8.88. The topological polar surface area (TPSA) is 40.5 Å². The summed E-state index contributed by atoms with van der Waals surface area (Å²) >= 11 is 0. The van der Waals surface area contributed by atoms with Gasteiger partial charge >= 0.3 is 5.97 Å². The SMILES string of the molecule is CC(C)(C)CCN1CCCCC1CC(=O)O. The first-order valence-electron chi connectivity index (χ1n) is 6.34. The molecule has 3 heteroatoms. The summed E-state index contributed by atoms with van der Waals surface area (Å²) < 4.78 is 0. The Balaban J connectivity index is 2.44. The maximum absolute atomic E-state index is 10.8. The van der Waals surface area contributed by atoms with E-state index in [1.165, 1.54) is 12.8 Å². The van der Waals surface area contributed by atoms with E-state index in [9.17, 15) is 4.79 Å². The maximum atomic E-state index is 10.8. The molecule has 0 aliphatic carbocycles. The van der Waals surface area contributed by atoms with Gasteiger partial charge in [-0.3, -0.25) is 9.69 Å². The Kier molecular flexibility index (Phi) is 4.78. The summed E-state index contributed by atoms with van der Waals surface area (Å²) in [4.78, 5) is 13.2. The number of nitrogens with zero attached hydrogens (tertiary/aromatic N) is 1. The van der Waals surface area contributed by atoms with Crippen molar-refractivity contribution in [3.8, 4) is 0 Å². The Morgan fingerprint density at radius 2 is 2.06 bits per heavy atom. The van der Waals surface area contributed by atoms with Gasteiger partial charge in [-0.15, -0.1) is 0 Å². The summed E-state index contributed by atoms with van der Waals surface area (Å²) in [5.41, 5.74) is 0.339. The minimum absolute atomic E-state index is 0.272. The van der Waals surface area contributed by atoms with Crippen molar-refractivity contribution >= 4 is 5.97 Å². The van der Waals surface area contributed by atoms with Crippen molar-refractivity contribution < 1.29 is 9.90 Å². The molecule has 1 N–H and O–H groups in total. The quantitative estimate of drug-likeness (QED) is 0.803. The highest BCUT2D eigenvalue weighted by molar-refractivity contribution is 5.67. The van der Waals surface area contributed by atoms with Crippen molar-refractivity contribution in [2.24, 2.45) is 5.41 Å². The summed E-state index contributed by atoms with van der Waals surface area (Å²) in [7, 11) is 0. The number of aliphatic carboxylic acids is 1. The molecule has 1 rings (SSSR count). The van der Waals surface area contributed by atoms with Crippen LogP contribution < -0.4 is 0 Å². The van der Waals surface area contributed by atoms with Gasteiger partial charge < -0.3 is 5.11 Å². The zero-order chi connectivity index (χ0) is 12.2. The van der Waals surface area contributed by atoms with Crippen molar-refractivity contribution in [3.63, 3.8) is 0 Å². The van der Waals surface area contributed by atoms with Crippen molar-refractivity contribution in [3.05, 3.63) is 0 Å². The van der Waals surface area contributed by atoms with Gasteiger partial charge in [0.05, 0.1) is 6.42 Å². The number of rotatable bonds is 4. The Hall–Kier alpha value is -0.570. The molecule has 3 nitrogen and oxygen atoms in total. The van der Waals surface area contributed by atoms with E-state index in [4.69, 9.17) is 5.11 Å². The molecule has 0 saturated carbocycles. The summed E-state index contributed by atoms with van der Waals surface area (Å²) in [6.45, 7) is 8.84. The monoisotopic (exact) mass is 227 g/mol. The van der Waals surface area contributed by atoms with Crippen molar-refractivity contribution in [2.75, 3.05) is 13.1 Å². The Morgan fingerprint density at radius 1 is 1.38 bits per heavy atom. The van der Waals surface area contributed by atoms with E-state index in [1.54, 1.807) is 0 Å². The van der Waals surface area contributed by atoms with Crippen LogP contribution in [0.1, 0.15) is 52.9 Å². The van der Waals surface area contributed by atoms with Crippen molar-refractivity contribution in [1.82, 2.24) is 4.90 Å². The number of piperidine rings is 1. The third-order valence-electron chi connectivity index (χ3n) is 3.31. The number of likely N-dealkylation sites (tertiary alicyclic amines) is 1. The second-order valence-electron chi connectivity index (χ2n) is 6.09. The largest absolute Gasteiger partial charge is 0.481 e. The molecule has 1 aliphatic rings. The molecule has 0 amide bonds. The fourth-order valence-corrected chi connectivity index (χ4v) is 2.27. The Morgan fingerprint density at radius 3 is 2.62 bits per heavy atom. The molecule has 1 fully saturated rings. The summed E-state index contributed by atoms with van der Waals surface area (Å²) in [6, 6.07) is 0.272. The fourth-order valence-electron chi connectivity index (χ4n) is 2.27. The molecule has 0 aromatic carbocycles. The standard InChI is InChI=1S/C13H25NO2/c1-13(2,3)7-9-14-8-5-4-6-11(14)10-12(15)16/h11H,4-10H2,1-3H3,(H,15,16). The fraction of sp³-hybridized carbons (Fsp3) is 0.923. The van der Waals surface area contributed by atoms with Gasteiger partial charge in [-0.25, -0.2) is 0 Å². The molecule has 1 atom stereocenters. The Labute approximate surface area is 98.8 Å². The molecule has 94 valence electrons. The predicted molar refractivity (Wildman–Crippen MR) is 65.5 cm³/mol. The van der Waals surface area contributed by atoms with E-state index < -0.39 is 5.97 Å². The van der Waals surface area contributed by atoms with Crippen molar-refractivity contribution in [2.45, 2.75) is 58.9 Å². The van der Waals surface area contributed by atoms with Crippen LogP contribution in [-0.2, 0) is 4.79 Å². The van der Waals surface area contributed by atoms with Crippen LogP contribution in [0.3, 0.4) is 0 Å². The maximum Gasteiger partial charge on any atom is 0.304 e. The van der Waals surface area contributed by atoms with Gasteiger partial charge in [0.25, 0.3) is 0 Å². The summed E-state index contributed by atoms with van der Waals surface area (Å²) in [5.74, 6) is -0.660.